The lowest BCUT2D eigenvalue weighted by atomic mass is 9.98. The van der Waals surface area contributed by atoms with E-state index >= 15 is 0 Å². The molecule has 0 saturated heterocycles. The molecule has 4 rings (SSSR count). The molecule has 0 radical (unpaired) electrons. The molecule has 0 spiro atoms. The van der Waals surface area contributed by atoms with Crippen molar-refractivity contribution in [3.63, 3.8) is 0 Å². The Kier molecular flexibility index (Phi) is 7.25. The second-order valence-electron chi connectivity index (χ2n) is 7.06. The molecular formula is C23H23N5O4. The van der Waals surface area contributed by atoms with Crippen LogP contribution >= 0.6 is 0 Å². The second-order valence-corrected chi connectivity index (χ2v) is 7.06. The number of nitrogens with two attached hydrogens (primary N) is 1. The van der Waals surface area contributed by atoms with Crippen LogP contribution in [-0.4, -0.2) is 37.6 Å². The molecule has 0 atom stereocenters. The Bertz CT molecular complexity index is 1160. The molecule has 32 heavy (non-hydrogen) atoms. The number of carbonyl (C=O) groups is 2. The lowest BCUT2D eigenvalue weighted by Gasteiger charge is -2.09. The van der Waals surface area contributed by atoms with Crippen LogP contribution < -0.4 is 11.1 Å². The molecule has 9 nitrogen and oxygen atoms in total. The number of Topliss-reactive ketones (excluding diaryl/α,β-unsaturated/α-hetero) is 1. The van der Waals surface area contributed by atoms with Crippen molar-refractivity contribution in [2.45, 2.75) is 26.5 Å². The minimum Gasteiger partial charge on any atom is -0.481 e. The number of ketones is 1. The van der Waals surface area contributed by atoms with E-state index in [1.807, 2.05) is 42.5 Å². The predicted molar refractivity (Wildman–Crippen MR) is 121 cm³/mol. The molecule has 2 aromatic carbocycles. The molecule has 0 bridgehead atoms. The van der Waals surface area contributed by atoms with E-state index in [0.29, 0.717) is 18.1 Å². The van der Waals surface area contributed by atoms with Crippen LogP contribution in [0, 0.1) is 0 Å². The maximum Gasteiger partial charge on any atom is 0.300 e. The molecule has 164 valence electrons. The third kappa shape index (κ3) is 5.96. The van der Waals surface area contributed by atoms with E-state index < -0.39 is 5.97 Å². The number of rotatable bonds is 6. The van der Waals surface area contributed by atoms with E-state index in [2.05, 4.69) is 20.3 Å². The topological polar surface area (TPSA) is 151 Å². The molecule has 1 aliphatic heterocycles. The average Bonchev–Trinajstić information content (AvgIpc) is 3.17. The normalized spacial score (nSPS) is 11.6. The fraction of sp³-hybridized carbons (Fsp3) is 0.174. The zero-order valence-electron chi connectivity index (χ0n) is 17.4. The summed E-state index contributed by atoms with van der Waals surface area (Å²) in [6, 6.07) is 14.9. The number of carboxylic acid groups (broad SMARTS) is 1. The summed E-state index contributed by atoms with van der Waals surface area (Å²) in [4.78, 5) is 34.3. The molecule has 1 aromatic heterocycles. The number of aromatic nitrogens is 2. The van der Waals surface area contributed by atoms with Gasteiger partial charge in [-0.3, -0.25) is 14.6 Å². The number of carbonyl (C=O) groups excluding carboxylic acids is 1. The third-order valence-electron chi connectivity index (χ3n) is 4.55. The van der Waals surface area contributed by atoms with Crippen LogP contribution in [0.3, 0.4) is 0 Å². The third-order valence-corrected chi connectivity index (χ3v) is 4.55. The van der Waals surface area contributed by atoms with Gasteiger partial charge in [-0.15, -0.1) is 0 Å². The van der Waals surface area contributed by atoms with Gasteiger partial charge in [0.15, 0.2) is 5.78 Å². The summed E-state index contributed by atoms with van der Waals surface area (Å²) in [5.41, 5.74) is 10.5. The highest BCUT2D eigenvalue weighted by atomic mass is 16.4. The van der Waals surface area contributed by atoms with Gasteiger partial charge in [0.2, 0.25) is 5.95 Å². The van der Waals surface area contributed by atoms with Gasteiger partial charge in [-0.1, -0.05) is 30.3 Å². The quantitative estimate of drug-likeness (QED) is 0.463. The highest BCUT2D eigenvalue weighted by Crippen LogP contribution is 2.25. The first-order valence-electron chi connectivity index (χ1n) is 9.80. The van der Waals surface area contributed by atoms with Gasteiger partial charge in [0.1, 0.15) is 11.5 Å². The van der Waals surface area contributed by atoms with Gasteiger partial charge in [-0.05, 0) is 34.9 Å². The number of aliphatic hydroxyl groups is 1. The Morgan fingerprint density at radius 1 is 1.09 bits per heavy atom. The standard InChI is InChI=1S/C21H19N5O2.C2H4O2/c22-21-23-8-7-19(26-21)25-16-6-5-15-11-24-20(17(15)10-16)18(28)9-13-1-3-14(12-27)4-2-13;1-2(3)4/h1-8,10,27H,9,11-12H2,(H3,22,23,25,26);1H3,(H,3,4). The molecule has 0 aliphatic carbocycles. The number of benzene rings is 2. The molecule has 5 N–H and O–H groups in total. The Labute approximate surface area is 184 Å². The average molecular weight is 433 g/mol. The highest BCUT2D eigenvalue weighted by molar-refractivity contribution is 6.47. The number of aliphatic carboxylic acids is 1. The number of nitrogens with zero attached hydrogens (tertiary/aromatic N) is 3. The molecule has 3 aromatic rings. The Hall–Kier alpha value is -4.11. The highest BCUT2D eigenvalue weighted by Gasteiger charge is 2.22. The molecule has 0 unspecified atom stereocenters. The minimum absolute atomic E-state index is 0.0118. The number of nitrogen functional groups attached to an aromatic ring is 1. The maximum absolute atomic E-state index is 12.8. The van der Waals surface area contributed by atoms with Crippen molar-refractivity contribution < 1.29 is 19.8 Å². The van der Waals surface area contributed by atoms with Crippen molar-refractivity contribution in [3.8, 4) is 0 Å². The number of hydrogen-bond donors (Lipinski definition) is 4. The van der Waals surface area contributed by atoms with E-state index in [1.165, 1.54) is 0 Å². The van der Waals surface area contributed by atoms with E-state index in [0.717, 1.165) is 34.9 Å². The first-order chi connectivity index (χ1) is 15.4. The van der Waals surface area contributed by atoms with Crippen molar-refractivity contribution in [3.05, 3.63) is 77.0 Å². The molecule has 1 aliphatic rings. The van der Waals surface area contributed by atoms with Crippen LogP contribution in [0.25, 0.3) is 0 Å². The number of anilines is 3. The first kappa shape index (κ1) is 22.6. The van der Waals surface area contributed by atoms with Gasteiger partial charge in [0.05, 0.1) is 13.2 Å². The number of nitrogens with one attached hydrogen (secondary N) is 1. The number of hydrogen-bond acceptors (Lipinski definition) is 8. The first-order valence-corrected chi connectivity index (χ1v) is 9.80. The monoisotopic (exact) mass is 433 g/mol. The molecular weight excluding hydrogens is 410 g/mol. The van der Waals surface area contributed by atoms with Crippen LogP contribution in [0.1, 0.15) is 29.2 Å². The SMILES string of the molecule is CC(=O)O.Nc1nccc(Nc2ccc3c(c2)C(C(=O)Cc2ccc(CO)cc2)=NC3)n1. The number of carboxylic acids is 1. The van der Waals surface area contributed by atoms with Gasteiger partial charge in [0, 0.05) is 30.8 Å². The minimum atomic E-state index is -0.833. The van der Waals surface area contributed by atoms with Crippen LogP contribution in [-0.2, 0) is 29.2 Å². The van der Waals surface area contributed by atoms with Crippen LogP contribution in [0.15, 0.2) is 59.7 Å². The van der Waals surface area contributed by atoms with Crippen LogP contribution in [0.4, 0.5) is 17.5 Å². The number of fused-ring (bicyclic) bond motifs is 1. The van der Waals surface area contributed by atoms with Gasteiger partial charge in [-0.25, -0.2) is 4.98 Å². The van der Waals surface area contributed by atoms with E-state index in [-0.39, 0.29) is 24.8 Å². The van der Waals surface area contributed by atoms with Gasteiger partial charge < -0.3 is 21.3 Å². The summed E-state index contributed by atoms with van der Waals surface area (Å²) in [6.07, 6.45) is 1.85. The van der Waals surface area contributed by atoms with Crippen molar-refractivity contribution in [1.29, 1.82) is 0 Å². The van der Waals surface area contributed by atoms with Crippen LogP contribution in [0.2, 0.25) is 0 Å². The van der Waals surface area contributed by atoms with Crippen molar-refractivity contribution >= 4 is 34.9 Å². The largest absolute Gasteiger partial charge is 0.481 e. The zero-order valence-corrected chi connectivity index (χ0v) is 17.4. The zero-order chi connectivity index (χ0) is 23.1. The van der Waals surface area contributed by atoms with Crippen molar-refractivity contribution in [1.82, 2.24) is 9.97 Å². The molecule has 2 heterocycles. The van der Waals surface area contributed by atoms with Gasteiger partial charge in [-0.2, -0.15) is 4.98 Å². The van der Waals surface area contributed by atoms with Crippen LogP contribution in [0.5, 0.6) is 0 Å². The van der Waals surface area contributed by atoms with E-state index in [4.69, 9.17) is 20.7 Å². The molecule has 0 saturated carbocycles. The molecule has 9 heteroatoms. The maximum atomic E-state index is 12.8. The number of aliphatic hydroxyl groups excluding tert-OH is 1. The summed E-state index contributed by atoms with van der Waals surface area (Å²) in [7, 11) is 0. The second kappa shape index (κ2) is 10.3. The lowest BCUT2D eigenvalue weighted by Crippen LogP contribution is -2.16. The summed E-state index contributed by atoms with van der Waals surface area (Å²) in [5.74, 6) is -0.0889. The summed E-state index contributed by atoms with van der Waals surface area (Å²) < 4.78 is 0. The van der Waals surface area contributed by atoms with Crippen molar-refractivity contribution in [2.75, 3.05) is 11.1 Å². The van der Waals surface area contributed by atoms with E-state index in [9.17, 15) is 4.79 Å². The summed E-state index contributed by atoms with van der Waals surface area (Å²) in [5, 5.41) is 19.7. The van der Waals surface area contributed by atoms with Gasteiger partial charge >= 0.3 is 0 Å². The summed E-state index contributed by atoms with van der Waals surface area (Å²) >= 11 is 0. The smallest absolute Gasteiger partial charge is 0.300 e. The Morgan fingerprint density at radius 3 is 2.44 bits per heavy atom. The van der Waals surface area contributed by atoms with Crippen molar-refractivity contribution in [2.24, 2.45) is 4.99 Å². The number of aliphatic imine (C=N–C) groups is 1. The Morgan fingerprint density at radius 2 is 1.78 bits per heavy atom. The molecule has 0 amide bonds. The van der Waals surface area contributed by atoms with Gasteiger partial charge in [0.25, 0.3) is 5.97 Å². The Balaban J connectivity index is 0.000000668. The summed E-state index contributed by atoms with van der Waals surface area (Å²) in [6.45, 7) is 1.57. The van der Waals surface area contributed by atoms with E-state index in [1.54, 1.807) is 12.3 Å². The lowest BCUT2D eigenvalue weighted by molar-refractivity contribution is -0.134. The molecule has 0 fully saturated rings. The fourth-order valence-corrected chi connectivity index (χ4v) is 3.12. The fourth-order valence-electron chi connectivity index (χ4n) is 3.12. The predicted octanol–water partition coefficient (Wildman–Crippen LogP) is 2.50.